The second kappa shape index (κ2) is 3.96. The number of hydrogen-bond donors (Lipinski definition) is 0. The minimum atomic E-state index is -1.42. The second-order valence-electron chi connectivity index (χ2n) is 6.31. The molecule has 0 amide bonds. The molecule has 1 aromatic rings. The normalized spacial score (nSPS) is 29.4. The average molecular weight is 282 g/mol. The molecule has 104 valence electrons. The molecule has 0 radical (unpaired) electrons. The van der Waals surface area contributed by atoms with E-state index in [2.05, 4.69) is 57.2 Å². The van der Waals surface area contributed by atoms with Crippen LogP contribution in [0.25, 0.3) is 11.1 Å². The van der Waals surface area contributed by atoms with Crippen molar-refractivity contribution in [2.24, 2.45) is 0 Å². The summed E-state index contributed by atoms with van der Waals surface area (Å²) in [6.45, 7) is 7.15. The van der Waals surface area contributed by atoms with E-state index in [1.54, 1.807) is 5.57 Å². The van der Waals surface area contributed by atoms with E-state index < -0.39 is 8.07 Å². The molecule has 3 aliphatic rings. The number of epoxide rings is 1. The topological polar surface area (TPSA) is 12.5 Å². The van der Waals surface area contributed by atoms with Crippen molar-refractivity contribution in [2.45, 2.75) is 50.2 Å². The van der Waals surface area contributed by atoms with Crippen molar-refractivity contribution in [1.82, 2.24) is 0 Å². The Labute approximate surface area is 122 Å². The first-order valence-corrected chi connectivity index (χ1v) is 10.6. The minimum Gasteiger partial charge on any atom is -0.360 e. The molecule has 2 atom stereocenters. The van der Waals surface area contributed by atoms with Gasteiger partial charge in [0.2, 0.25) is 0 Å². The quantitative estimate of drug-likeness (QED) is 0.577. The van der Waals surface area contributed by atoms with E-state index >= 15 is 0 Å². The zero-order valence-corrected chi connectivity index (χ0v) is 13.6. The predicted octanol–water partition coefficient (Wildman–Crippen LogP) is 4.67. The van der Waals surface area contributed by atoms with Crippen LogP contribution in [0, 0.1) is 0 Å². The lowest BCUT2D eigenvalue weighted by Crippen LogP contribution is -2.52. The van der Waals surface area contributed by atoms with Crippen LogP contribution in [0.4, 0.5) is 0 Å². The highest BCUT2D eigenvalue weighted by Gasteiger charge is 2.71. The van der Waals surface area contributed by atoms with E-state index in [0.717, 1.165) is 0 Å². The van der Waals surface area contributed by atoms with Crippen LogP contribution in [-0.4, -0.2) is 19.4 Å². The van der Waals surface area contributed by atoms with Crippen LogP contribution in [0.3, 0.4) is 0 Å². The van der Waals surface area contributed by atoms with Crippen LogP contribution < -0.4 is 0 Å². The maximum atomic E-state index is 6.41. The fourth-order valence-corrected chi connectivity index (χ4v) is 9.63. The van der Waals surface area contributed by atoms with E-state index in [-0.39, 0.29) is 5.22 Å². The van der Waals surface area contributed by atoms with E-state index in [1.807, 2.05) is 0 Å². The van der Waals surface area contributed by atoms with Crippen molar-refractivity contribution < 1.29 is 4.74 Å². The van der Waals surface area contributed by atoms with Crippen LogP contribution in [0.5, 0.6) is 0 Å². The van der Waals surface area contributed by atoms with Crippen LogP contribution in [0.15, 0.2) is 36.4 Å². The number of allylic oxidation sites excluding steroid dienone is 2. The summed E-state index contributed by atoms with van der Waals surface area (Å²) in [4.78, 5) is 0. The van der Waals surface area contributed by atoms with Gasteiger partial charge in [-0.1, -0.05) is 75.3 Å². The van der Waals surface area contributed by atoms with Gasteiger partial charge >= 0.3 is 0 Å². The molecule has 0 N–H and O–H groups in total. The standard InChI is InChI=1S/C18H22OSi/c1-4-20(5-2,6-3)18-16(19-18)12-11-15-13-9-7-8-10-14(13)17(15)18/h7-12,16H,4-6H2,1-3H3. The van der Waals surface area contributed by atoms with Gasteiger partial charge in [0.1, 0.15) is 19.4 Å². The molecular formula is C18H22OSi. The van der Waals surface area contributed by atoms with Crippen LogP contribution in [0.2, 0.25) is 18.1 Å². The van der Waals surface area contributed by atoms with Gasteiger partial charge in [0.05, 0.1) is 0 Å². The Morgan fingerprint density at radius 1 is 1.05 bits per heavy atom. The molecular weight excluding hydrogens is 260 g/mol. The lowest BCUT2D eigenvalue weighted by atomic mass is 9.75. The summed E-state index contributed by atoms with van der Waals surface area (Å²) in [5, 5.41) is 0.101. The van der Waals surface area contributed by atoms with Gasteiger partial charge in [0, 0.05) is 0 Å². The SMILES string of the molecule is CC[Si](CC)(CC)C12OC1C=CC1=C2c2ccccc21. The first kappa shape index (κ1) is 12.6. The van der Waals surface area contributed by atoms with Crippen molar-refractivity contribution in [2.75, 3.05) is 0 Å². The van der Waals surface area contributed by atoms with Gasteiger partial charge < -0.3 is 4.74 Å². The summed E-state index contributed by atoms with van der Waals surface area (Å²) in [5.74, 6) is 0. The highest BCUT2D eigenvalue weighted by atomic mass is 28.3. The minimum absolute atomic E-state index is 0.101. The van der Waals surface area contributed by atoms with Crippen molar-refractivity contribution in [3.05, 3.63) is 47.5 Å². The van der Waals surface area contributed by atoms with Crippen LogP contribution in [0.1, 0.15) is 31.9 Å². The molecule has 1 heterocycles. The molecule has 1 saturated heterocycles. The Hall–Kier alpha value is -1.12. The maximum absolute atomic E-state index is 6.41. The largest absolute Gasteiger partial charge is 0.360 e. The van der Waals surface area contributed by atoms with Gasteiger partial charge in [0.25, 0.3) is 0 Å². The van der Waals surface area contributed by atoms with E-state index in [9.17, 15) is 0 Å². The van der Waals surface area contributed by atoms with Crippen molar-refractivity contribution >= 4 is 19.2 Å². The summed E-state index contributed by atoms with van der Waals surface area (Å²) in [7, 11) is -1.42. The zero-order chi connectivity index (χ0) is 14.0. The smallest absolute Gasteiger partial charge is 0.114 e. The molecule has 0 spiro atoms. The first-order valence-electron chi connectivity index (χ1n) is 7.94. The molecule has 2 unspecified atom stereocenters. The third-order valence-electron chi connectivity index (χ3n) is 6.04. The first-order chi connectivity index (χ1) is 9.74. The maximum Gasteiger partial charge on any atom is 0.114 e. The third kappa shape index (κ3) is 1.19. The summed E-state index contributed by atoms with van der Waals surface area (Å²) in [6.07, 6.45) is 4.98. The number of rotatable bonds is 4. The molecule has 4 rings (SSSR count). The van der Waals surface area contributed by atoms with Crippen molar-refractivity contribution in [3.63, 3.8) is 0 Å². The van der Waals surface area contributed by atoms with Crippen LogP contribution in [-0.2, 0) is 4.74 Å². The molecule has 1 aromatic carbocycles. The Morgan fingerprint density at radius 2 is 1.70 bits per heavy atom. The highest BCUT2D eigenvalue weighted by Crippen LogP contribution is 2.65. The number of fused-ring (bicyclic) bond motifs is 5. The van der Waals surface area contributed by atoms with E-state index in [4.69, 9.17) is 4.74 Å². The second-order valence-corrected chi connectivity index (χ2v) is 11.7. The van der Waals surface area contributed by atoms with E-state index in [1.165, 1.54) is 34.8 Å². The Bertz CT molecular complexity index is 630. The number of hydrogen-bond acceptors (Lipinski definition) is 1. The number of benzene rings is 1. The molecule has 0 bridgehead atoms. The van der Waals surface area contributed by atoms with Crippen LogP contribution >= 0.6 is 0 Å². The van der Waals surface area contributed by atoms with Crippen molar-refractivity contribution in [3.8, 4) is 0 Å². The molecule has 0 saturated carbocycles. The number of ether oxygens (including phenoxy) is 1. The molecule has 1 nitrogen and oxygen atoms in total. The summed E-state index contributed by atoms with van der Waals surface area (Å²) < 4.78 is 6.41. The summed E-state index contributed by atoms with van der Waals surface area (Å²) in [6, 6.07) is 12.8. The van der Waals surface area contributed by atoms with Gasteiger partial charge in [0.15, 0.2) is 0 Å². The van der Waals surface area contributed by atoms with Gasteiger partial charge in [-0.25, -0.2) is 0 Å². The molecule has 20 heavy (non-hydrogen) atoms. The molecule has 1 aliphatic heterocycles. The van der Waals surface area contributed by atoms with Gasteiger partial charge in [-0.15, -0.1) is 0 Å². The van der Waals surface area contributed by atoms with Crippen molar-refractivity contribution in [1.29, 1.82) is 0 Å². The fourth-order valence-electron chi connectivity index (χ4n) is 4.68. The molecule has 2 heteroatoms. The highest BCUT2D eigenvalue weighted by molar-refractivity contribution is 6.85. The Balaban J connectivity index is 1.88. The molecule has 0 aromatic heterocycles. The van der Waals surface area contributed by atoms with Gasteiger partial charge in [-0.05, 0) is 22.3 Å². The predicted molar refractivity (Wildman–Crippen MR) is 87.2 cm³/mol. The molecule has 1 fully saturated rings. The lowest BCUT2D eigenvalue weighted by Gasteiger charge is -2.42. The summed E-state index contributed by atoms with van der Waals surface area (Å²) in [5.41, 5.74) is 5.90. The zero-order valence-electron chi connectivity index (χ0n) is 12.6. The average Bonchev–Trinajstić information content (AvgIpc) is 3.20. The Kier molecular flexibility index (Phi) is 2.49. The Morgan fingerprint density at radius 3 is 2.35 bits per heavy atom. The van der Waals surface area contributed by atoms with Gasteiger partial charge in [-0.2, -0.15) is 0 Å². The lowest BCUT2D eigenvalue weighted by molar-refractivity contribution is 0.390. The molecule has 2 aliphatic carbocycles. The third-order valence-corrected chi connectivity index (χ3v) is 12.3. The fraction of sp³-hybridized carbons (Fsp3) is 0.444. The van der Waals surface area contributed by atoms with Gasteiger partial charge in [-0.3, -0.25) is 0 Å². The summed E-state index contributed by atoms with van der Waals surface area (Å²) >= 11 is 0. The monoisotopic (exact) mass is 282 g/mol. The van der Waals surface area contributed by atoms with E-state index in [0.29, 0.717) is 6.10 Å².